The average Bonchev–Trinajstić information content (AvgIpc) is 2.93. The van der Waals surface area contributed by atoms with Gasteiger partial charge in [-0.1, -0.05) is 0 Å². The van der Waals surface area contributed by atoms with Crippen LogP contribution in [0.1, 0.15) is 33.6 Å². The molecule has 0 bridgehead atoms. The maximum absolute atomic E-state index is 11.9. The Morgan fingerprint density at radius 3 is 2.20 bits per heavy atom. The number of carbonyl (C=O) groups excluding carboxylic acids is 1. The number of hydrogen-bond donors (Lipinski definition) is 1. The van der Waals surface area contributed by atoms with Gasteiger partial charge in [0.2, 0.25) is 0 Å². The number of carboxylic acid groups (broad SMARTS) is 1. The zero-order chi connectivity index (χ0) is 15.1. The van der Waals surface area contributed by atoms with E-state index < -0.39 is 17.7 Å². The maximum atomic E-state index is 11.9. The molecule has 1 saturated carbocycles. The van der Waals surface area contributed by atoms with Crippen molar-refractivity contribution in [2.24, 2.45) is 11.3 Å². The van der Waals surface area contributed by atoms with Gasteiger partial charge in [0.05, 0.1) is 0 Å². The fourth-order valence-corrected chi connectivity index (χ4v) is 2.93. The minimum absolute atomic E-state index is 0.191. The van der Waals surface area contributed by atoms with E-state index in [9.17, 15) is 14.7 Å². The number of carboxylic acids is 1. The fourth-order valence-electron chi connectivity index (χ4n) is 2.93. The van der Waals surface area contributed by atoms with Crippen molar-refractivity contribution in [2.45, 2.75) is 45.3 Å². The van der Waals surface area contributed by atoms with Gasteiger partial charge in [-0.2, -0.15) is 0 Å². The Labute approximate surface area is 119 Å². The molecule has 1 aliphatic heterocycles. The van der Waals surface area contributed by atoms with E-state index in [1.54, 1.807) is 4.90 Å². The molecule has 0 radical (unpaired) electrons. The number of rotatable bonds is 4. The van der Waals surface area contributed by atoms with Gasteiger partial charge in [0.15, 0.2) is 6.10 Å². The highest BCUT2D eigenvalue weighted by Crippen LogP contribution is 2.58. The van der Waals surface area contributed by atoms with Crippen LogP contribution >= 0.6 is 0 Å². The molecule has 6 heteroatoms. The molecular formula is C14H23NO5. The summed E-state index contributed by atoms with van der Waals surface area (Å²) >= 11 is 0. The van der Waals surface area contributed by atoms with Crippen LogP contribution in [0.4, 0.5) is 4.79 Å². The van der Waals surface area contributed by atoms with E-state index in [4.69, 9.17) is 9.47 Å². The SMILES string of the molecule is COC(C(=O)O)C1(C2CN(C(=O)OC(C)(C)C)C2)CC1. The van der Waals surface area contributed by atoms with Crippen LogP contribution in [0.5, 0.6) is 0 Å². The van der Waals surface area contributed by atoms with Crippen LogP contribution in [0, 0.1) is 11.3 Å². The summed E-state index contributed by atoms with van der Waals surface area (Å²) in [6.45, 7) is 6.60. The number of likely N-dealkylation sites (tertiary alicyclic amines) is 1. The van der Waals surface area contributed by atoms with Gasteiger partial charge in [-0.25, -0.2) is 9.59 Å². The van der Waals surface area contributed by atoms with Gasteiger partial charge in [-0.3, -0.25) is 0 Å². The zero-order valence-electron chi connectivity index (χ0n) is 12.5. The highest BCUT2D eigenvalue weighted by molar-refractivity contribution is 5.74. The third-order valence-electron chi connectivity index (χ3n) is 4.16. The Balaban J connectivity index is 1.90. The van der Waals surface area contributed by atoms with Crippen LogP contribution in [0.3, 0.4) is 0 Å². The lowest BCUT2D eigenvalue weighted by Gasteiger charge is -2.45. The summed E-state index contributed by atoms with van der Waals surface area (Å²) in [4.78, 5) is 24.7. The Morgan fingerprint density at radius 1 is 1.30 bits per heavy atom. The van der Waals surface area contributed by atoms with E-state index in [-0.39, 0.29) is 17.4 Å². The van der Waals surface area contributed by atoms with E-state index in [0.29, 0.717) is 13.1 Å². The highest BCUT2D eigenvalue weighted by atomic mass is 16.6. The molecule has 1 saturated heterocycles. The van der Waals surface area contributed by atoms with Crippen molar-refractivity contribution in [2.75, 3.05) is 20.2 Å². The van der Waals surface area contributed by atoms with Gasteiger partial charge in [0, 0.05) is 31.5 Å². The van der Waals surface area contributed by atoms with E-state index in [1.807, 2.05) is 20.8 Å². The summed E-state index contributed by atoms with van der Waals surface area (Å²) in [5, 5.41) is 9.22. The zero-order valence-corrected chi connectivity index (χ0v) is 12.5. The summed E-state index contributed by atoms with van der Waals surface area (Å²) in [6, 6.07) is 0. The van der Waals surface area contributed by atoms with E-state index in [1.165, 1.54) is 7.11 Å². The molecule has 1 unspecified atom stereocenters. The number of hydrogen-bond acceptors (Lipinski definition) is 4. The summed E-state index contributed by atoms with van der Waals surface area (Å²) in [5.41, 5.74) is -0.797. The van der Waals surface area contributed by atoms with Gasteiger partial charge in [0.25, 0.3) is 0 Å². The molecule has 0 aromatic rings. The molecule has 20 heavy (non-hydrogen) atoms. The highest BCUT2D eigenvalue weighted by Gasteiger charge is 2.61. The van der Waals surface area contributed by atoms with Crippen molar-refractivity contribution in [3.05, 3.63) is 0 Å². The van der Waals surface area contributed by atoms with Crippen molar-refractivity contribution in [3.8, 4) is 0 Å². The van der Waals surface area contributed by atoms with Crippen LogP contribution < -0.4 is 0 Å². The first-order valence-corrected chi connectivity index (χ1v) is 6.93. The molecule has 0 aromatic carbocycles. The summed E-state index contributed by atoms with van der Waals surface area (Å²) < 4.78 is 10.4. The van der Waals surface area contributed by atoms with Crippen LogP contribution in [0.2, 0.25) is 0 Å². The minimum atomic E-state index is -0.916. The van der Waals surface area contributed by atoms with Gasteiger partial charge in [-0.15, -0.1) is 0 Å². The predicted octanol–water partition coefficient (Wildman–Crippen LogP) is 1.73. The average molecular weight is 285 g/mol. The van der Waals surface area contributed by atoms with E-state index in [2.05, 4.69) is 0 Å². The second kappa shape index (κ2) is 4.91. The van der Waals surface area contributed by atoms with Crippen molar-refractivity contribution in [3.63, 3.8) is 0 Å². The molecule has 1 amide bonds. The number of ether oxygens (including phenoxy) is 2. The lowest BCUT2D eigenvalue weighted by molar-refractivity contribution is -0.157. The smallest absolute Gasteiger partial charge is 0.410 e. The number of amides is 1. The summed E-state index contributed by atoms with van der Waals surface area (Å²) in [5.74, 6) is -0.725. The Bertz CT molecular complexity index is 404. The van der Waals surface area contributed by atoms with Gasteiger partial charge >= 0.3 is 12.1 Å². The summed E-state index contributed by atoms with van der Waals surface area (Å²) in [7, 11) is 1.43. The van der Waals surface area contributed by atoms with Crippen molar-refractivity contribution >= 4 is 12.1 Å². The molecule has 2 aliphatic rings. The fraction of sp³-hybridized carbons (Fsp3) is 0.857. The second-order valence-corrected chi connectivity index (χ2v) is 6.77. The van der Waals surface area contributed by atoms with Gasteiger partial charge in [-0.05, 0) is 33.6 Å². The Kier molecular flexibility index (Phi) is 3.71. The topological polar surface area (TPSA) is 76.1 Å². The first kappa shape index (κ1) is 15.1. The van der Waals surface area contributed by atoms with Crippen LogP contribution in [-0.2, 0) is 14.3 Å². The van der Waals surface area contributed by atoms with Crippen LogP contribution in [-0.4, -0.2) is 54.0 Å². The molecule has 1 atom stereocenters. The molecule has 0 aromatic heterocycles. The molecule has 0 spiro atoms. The standard InChI is InChI=1S/C14H23NO5/c1-13(2,3)20-12(18)15-7-9(8-15)14(5-6-14)10(19-4)11(16)17/h9-10H,5-8H2,1-4H3,(H,16,17). The predicted molar refractivity (Wildman–Crippen MR) is 71.4 cm³/mol. The third kappa shape index (κ3) is 2.75. The maximum Gasteiger partial charge on any atom is 0.410 e. The van der Waals surface area contributed by atoms with E-state index in [0.717, 1.165) is 12.8 Å². The number of nitrogens with zero attached hydrogens (tertiary/aromatic N) is 1. The molecule has 1 N–H and O–H groups in total. The molecule has 2 fully saturated rings. The lowest BCUT2D eigenvalue weighted by atomic mass is 9.79. The lowest BCUT2D eigenvalue weighted by Crippen LogP contribution is -2.57. The molecule has 1 heterocycles. The molecule has 2 rings (SSSR count). The second-order valence-electron chi connectivity index (χ2n) is 6.77. The van der Waals surface area contributed by atoms with Crippen LogP contribution in [0.15, 0.2) is 0 Å². The van der Waals surface area contributed by atoms with Crippen molar-refractivity contribution in [1.82, 2.24) is 4.90 Å². The van der Waals surface area contributed by atoms with Crippen LogP contribution in [0.25, 0.3) is 0 Å². The summed E-state index contributed by atoms with van der Waals surface area (Å²) in [6.07, 6.45) is 0.608. The molecule has 1 aliphatic carbocycles. The third-order valence-corrected chi connectivity index (χ3v) is 4.16. The quantitative estimate of drug-likeness (QED) is 0.851. The Morgan fingerprint density at radius 2 is 1.85 bits per heavy atom. The van der Waals surface area contributed by atoms with Crippen molar-refractivity contribution in [1.29, 1.82) is 0 Å². The molecular weight excluding hydrogens is 262 g/mol. The van der Waals surface area contributed by atoms with Crippen molar-refractivity contribution < 1.29 is 24.2 Å². The monoisotopic (exact) mass is 285 g/mol. The first-order chi connectivity index (χ1) is 9.19. The number of methoxy groups -OCH3 is 1. The number of aliphatic carboxylic acids is 1. The first-order valence-electron chi connectivity index (χ1n) is 6.93. The normalized spacial score (nSPS) is 22.9. The van der Waals surface area contributed by atoms with E-state index >= 15 is 0 Å². The minimum Gasteiger partial charge on any atom is -0.479 e. The van der Waals surface area contributed by atoms with Gasteiger partial charge in [0.1, 0.15) is 5.60 Å². The Hall–Kier alpha value is -1.30. The largest absolute Gasteiger partial charge is 0.479 e. The molecule has 6 nitrogen and oxygen atoms in total. The van der Waals surface area contributed by atoms with Gasteiger partial charge < -0.3 is 19.5 Å². The number of carbonyl (C=O) groups is 2. The molecule has 114 valence electrons.